The van der Waals surface area contributed by atoms with Crippen LogP contribution in [-0.2, 0) is 13.0 Å². The number of rotatable bonds is 5. The van der Waals surface area contributed by atoms with E-state index in [1.165, 1.54) is 16.6 Å². The normalized spacial score (nSPS) is 11.1. The monoisotopic (exact) mass is 217 g/mol. The number of para-hydroxylation sites is 1. The van der Waals surface area contributed by atoms with Gasteiger partial charge in [-0.2, -0.15) is 5.10 Å². The molecule has 2 N–H and O–H groups in total. The standard InChI is InChI=1S/C13H19N3/c1-2-16-13-9-4-3-7-11(13)12(15-16)8-5-6-10-14/h3-4,7,9H,2,5-6,8,10,14H2,1H3. The molecule has 1 aromatic heterocycles. The molecule has 1 heterocycles. The summed E-state index contributed by atoms with van der Waals surface area (Å²) in [5, 5.41) is 5.95. The van der Waals surface area contributed by atoms with Gasteiger partial charge in [-0.15, -0.1) is 0 Å². The average Bonchev–Trinajstić information content (AvgIpc) is 2.68. The van der Waals surface area contributed by atoms with Crippen LogP contribution >= 0.6 is 0 Å². The van der Waals surface area contributed by atoms with E-state index in [-0.39, 0.29) is 0 Å². The van der Waals surface area contributed by atoms with Crippen LogP contribution in [0.2, 0.25) is 0 Å². The van der Waals surface area contributed by atoms with Gasteiger partial charge < -0.3 is 5.73 Å². The maximum Gasteiger partial charge on any atom is 0.0703 e. The molecule has 0 saturated carbocycles. The van der Waals surface area contributed by atoms with Crippen molar-refractivity contribution < 1.29 is 0 Å². The van der Waals surface area contributed by atoms with Crippen molar-refractivity contribution in [3.63, 3.8) is 0 Å². The molecule has 0 unspecified atom stereocenters. The van der Waals surface area contributed by atoms with Gasteiger partial charge in [-0.25, -0.2) is 0 Å². The summed E-state index contributed by atoms with van der Waals surface area (Å²) >= 11 is 0. The van der Waals surface area contributed by atoms with Crippen molar-refractivity contribution in [2.45, 2.75) is 32.7 Å². The number of aryl methyl sites for hydroxylation is 2. The maximum absolute atomic E-state index is 5.51. The summed E-state index contributed by atoms with van der Waals surface area (Å²) in [6.45, 7) is 3.83. The highest BCUT2D eigenvalue weighted by Gasteiger charge is 2.07. The van der Waals surface area contributed by atoms with Gasteiger partial charge in [0, 0.05) is 11.9 Å². The molecule has 2 rings (SSSR count). The molecule has 0 atom stereocenters. The molecule has 0 aliphatic heterocycles. The molecule has 16 heavy (non-hydrogen) atoms. The SMILES string of the molecule is CCn1nc(CCCCN)c2ccccc21. The van der Waals surface area contributed by atoms with Crippen LogP contribution in [0.4, 0.5) is 0 Å². The van der Waals surface area contributed by atoms with Crippen molar-refractivity contribution in [2.75, 3.05) is 6.54 Å². The van der Waals surface area contributed by atoms with Crippen LogP contribution in [0, 0.1) is 0 Å². The molecular weight excluding hydrogens is 198 g/mol. The molecule has 0 bridgehead atoms. The molecule has 86 valence electrons. The molecule has 0 aliphatic carbocycles. The molecule has 0 fully saturated rings. The van der Waals surface area contributed by atoms with Gasteiger partial charge in [0.2, 0.25) is 0 Å². The predicted octanol–water partition coefficient (Wildman–Crippen LogP) is 2.34. The maximum atomic E-state index is 5.51. The quantitative estimate of drug-likeness (QED) is 0.781. The van der Waals surface area contributed by atoms with Crippen molar-refractivity contribution in [1.82, 2.24) is 9.78 Å². The summed E-state index contributed by atoms with van der Waals surface area (Å²) < 4.78 is 2.08. The van der Waals surface area contributed by atoms with E-state index >= 15 is 0 Å². The van der Waals surface area contributed by atoms with E-state index in [1.54, 1.807) is 0 Å². The zero-order chi connectivity index (χ0) is 11.4. The molecule has 0 saturated heterocycles. The van der Waals surface area contributed by atoms with Crippen LogP contribution in [0.1, 0.15) is 25.5 Å². The second-order valence-electron chi connectivity index (χ2n) is 4.03. The van der Waals surface area contributed by atoms with Crippen molar-refractivity contribution in [2.24, 2.45) is 5.73 Å². The summed E-state index contributed by atoms with van der Waals surface area (Å²) in [5.41, 5.74) is 7.97. The van der Waals surface area contributed by atoms with E-state index in [9.17, 15) is 0 Å². The number of nitrogens with zero attached hydrogens (tertiary/aromatic N) is 2. The molecule has 2 aromatic rings. The van der Waals surface area contributed by atoms with Gasteiger partial charge in [0.25, 0.3) is 0 Å². The molecule has 0 radical (unpaired) electrons. The fraction of sp³-hybridized carbons (Fsp3) is 0.462. The number of unbranched alkanes of at least 4 members (excludes halogenated alkanes) is 1. The Morgan fingerprint density at radius 2 is 2.06 bits per heavy atom. The Labute approximate surface area is 96.2 Å². The zero-order valence-corrected chi connectivity index (χ0v) is 9.82. The third kappa shape index (κ3) is 2.09. The van der Waals surface area contributed by atoms with Crippen LogP contribution in [-0.4, -0.2) is 16.3 Å². The Balaban J connectivity index is 2.30. The first-order valence-electron chi connectivity index (χ1n) is 6.01. The zero-order valence-electron chi connectivity index (χ0n) is 9.82. The second kappa shape index (κ2) is 5.12. The lowest BCUT2D eigenvalue weighted by Crippen LogP contribution is -2.00. The Morgan fingerprint density at radius 1 is 1.25 bits per heavy atom. The molecule has 0 amide bonds. The highest BCUT2D eigenvalue weighted by molar-refractivity contribution is 5.81. The molecule has 0 aliphatic rings. The summed E-state index contributed by atoms with van der Waals surface area (Å²) in [7, 11) is 0. The summed E-state index contributed by atoms with van der Waals surface area (Å²) in [4.78, 5) is 0. The number of hydrogen-bond acceptors (Lipinski definition) is 2. The third-order valence-electron chi connectivity index (χ3n) is 2.90. The lowest BCUT2D eigenvalue weighted by Gasteiger charge is -1.96. The Kier molecular flexibility index (Phi) is 3.57. The Hall–Kier alpha value is -1.35. The van der Waals surface area contributed by atoms with Gasteiger partial charge in [0.05, 0.1) is 11.2 Å². The summed E-state index contributed by atoms with van der Waals surface area (Å²) in [5.74, 6) is 0. The lowest BCUT2D eigenvalue weighted by molar-refractivity contribution is 0.653. The highest BCUT2D eigenvalue weighted by atomic mass is 15.3. The fourth-order valence-corrected chi connectivity index (χ4v) is 2.06. The largest absolute Gasteiger partial charge is 0.330 e. The highest BCUT2D eigenvalue weighted by Crippen LogP contribution is 2.19. The second-order valence-corrected chi connectivity index (χ2v) is 4.03. The minimum Gasteiger partial charge on any atom is -0.330 e. The Bertz CT molecular complexity index is 459. The van der Waals surface area contributed by atoms with Gasteiger partial charge >= 0.3 is 0 Å². The summed E-state index contributed by atoms with van der Waals surface area (Å²) in [6.07, 6.45) is 3.24. The van der Waals surface area contributed by atoms with Crippen LogP contribution in [0.5, 0.6) is 0 Å². The smallest absolute Gasteiger partial charge is 0.0703 e. The van der Waals surface area contributed by atoms with E-state index in [2.05, 4.69) is 41.0 Å². The van der Waals surface area contributed by atoms with Gasteiger partial charge in [-0.3, -0.25) is 4.68 Å². The van der Waals surface area contributed by atoms with E-state index in [4.69, 9.17) is 5.73 Å². The molecule has 0 spiro atoms. The van der Waals surface area contributed by atoms with Crippen molar-refractivity contribution in [1.29, 1.82) is 0 Å². The van der Waals surface area contributed by atoms with E-state index in [0.29, 0.717) is 0 Å². The fourth-order valence-electron chi connectivity index (χ4n) is 2.06. The van der Waals surface area contributed by atoms with Gasteiger partial charge in [-0.05, 0) is 38.8 Å². The van der Waals surface area contributed by atoms with Crippen molar-refractivity contribution >= 4 is 10.9 Å². The average molecular weight is 217 g/mol. The van der Waals surface area contributed by atoms with Gasteiger partial charge in [0.15, 0.2) is 0 Å². The Morgan fingerprint density at radius 3 is 2.81 bits per heavy atom. The van der Waals surface area contributed by atoms with E-state index in [0.717, 1.165) is 32.4 Å². The third-order valence-corrected chi connectivity index (χ3v) is 2.90. The number of benzene rings is 1. The van der Waals surface area contributed by atoms with Crippen molar-refractivity contribution in [3.05, 3.63) is 30.0 Å². The van der Waals surface area contributed by atoms with Gasteiger partial charge in [0.1, 0.15) is 0 Å². The first kappa shape index (κ1) is 11.1. The number of aromatic nitrogens is 2. The summed E-state index contributed by atoms with van der Waals surface area (Å²) in [6, 6.07) is 8.45. The molecule has 3 heteroatoms. The van der Waals surface area contributed by atoms with Gasteiger partial charge in [-0.1, -0.05) is 18.2 Å². The topological polar surface area (TPSA) is 43.8 Å². The van der Waals surface area contributed by atoms with Crippen LogP contribution in [0.15, 0.2) is 24.3 Å². The lowest BCUT2D eigenvalue weighted by atomic mass is 10.1. The van der Waals surface area contributed by atoms with E-state index < -0.39 is 0 Å². The molecular formula is C13H19N3. The predicted molar refractivity (Wildman–Crippen MR) is 67.4 cm³/mol. The minimum atomic E-state index is 0.770. The molecule has 1 aromatic carbocycles. The first-order chi connectivity index (χ1) is 7.86. The van der Waals surface area contributed by atoms with E-state index in [1.807, 2.05) is 0 Å². The number of fused-ring (bicyclic) bond motifs is 1. The number of hydrogen-bond donors (Lipinski definition) is 1. The van der Waals surface area contributed by atoms with Crippen molar-refractivity contribution in [3.8, 4) is 0 Å². The number of nitrogens with two attached hydrogens (primary N) is 1. The molecule has 3 nitrogen and oxygen atoms in total. The van der Waals surface area contributed by atoms with Crippen LogP contribution in [0.25, 0.3) is 10.9 Å². The minimum absolute atomic E-state index is 0.770. The van der Waals surface area contributed by atoms with Crippen LogP contribution in [0.3, 0.4) is 0 Å². The van der Waals surface area contributed by atoms with Crippen LogP contribution < -0.4 is 5.73 Å². The first-order valence-corrected chi connectivity index (χ1v) is 6.01.